The second-order valence-electron chi connectivity index (χ2n) is 7.35. The van der Waals surface area contributed by atoms with E-state index < -0.39 is 6.10 Å². The quantitative estimate of drug-likeness (QED) is 0.706. The van der Waals surface area contributed by atoms with Gasteiger partial charge in [0.1, 0.15) is 5.75 Å². The molecule has 28 heavy (non-hydrogen) atoms. The molecule has 2 aromatic carbocycles. The summed E-state index contributed by atoms with van der Waals surface area (Å²) in [4.78, 5) is 26.8. The van der Waals surface area contributed by atoms with E-state index in [0.29, 0.717) is 5.75 Å². The van der Waals surface area contributed by atoms with Crippen molar-refractivity contribution in [2.75, 3.05) is 0 Å². The summed E-state index contributed by atoms with van der Waals surface area (Å²) in [5.41, 5.74) is 1.56. The van der Waals surface area contributed by atoms with E-state index in [9.17, 15) is 9.59 Å². The van der Waals surface area contributed by atoms with Crippen molar-refractivity contribution >= 4 is 16.7 Å². The van der Waals surface area contributed by atoms with E-state index in [1.165, 1.54) is 18.9 Å². The predicted molar refractivity (Wildman–Crippen MR) is 110 cm³/mol. The van der Waals surface area contributed by atoms with Gasteiger partial charge in [-0.15, -0.1) is 0 Å². The van der Waals surface area contributed by atoms with Crippen LogP contribution in [0.2, 0.25) is 0 Å². The third kappa shape index (κ3) is 3.79. The number of hydrogen-bond acceptors (Lipinski definition) is 3. The minimum atomic E-state index is -0.608. The van der Waals surface area contributed by atoms with Crippen molar-refractivity contribution in [1.29, 1.82) is 0 Å². The fraction of sp³-hybridized carbons (Fsp3) is 0.304. The number of rotatable bonds is 5. The zero-order valence-electron chi connectivity index (χ0n) is 15.9. The number of H-pyrrole nitrogens is 1. The van der Waals surface area contributed by atoms with Crippen LogP contribution in [-0.2, 0) is 4.79 Å². The van der Waals surface area contributed by atoms with E-state index in [1.807, 2.05) is 36.4 Å². The van der Waals surface area contributed by atoms with Gasteiger partial charge in [-0.1, -0.05) is 43.2 Å². The first-order chi connectivity index (χ1) is 13.6. The van der Waals surface area contributed by atoms with Crippen molar-refractivity contribution in [3.8, 4) is 16.9 Å². The summed E-state index contributed by atoms with van der Waals surface area (Å²) in [7, 11) is 0. The summed E-state index contributed by atoms with van der Waals surface area (Å²) < 4.78 is 6.11. The Hall–Kier alpha value is -3.08. The molecule has 0 spiro atoms. The zero-order chi connectivity index (χ0) is 19.5. The van der Waals surface area contributed by atoms with E-state index in [-0.39, 0.29) is 17.5 Å². The SMILES string of the molecule is CC(Oc1ccc2ccccc2c1-c1ccc(=O)[nH]c1)C(=O)NC1CCCC1. The highest BCUT2D eigenvalue weighted by Crippen LogP contribution is 2.37. The summed E-state index contributed by atoms with van der Waals surface area (Å²) in [6.07, 6.45) is 5.49. The molecule has 0 aliphatic heterocycles. The third-order valence-electron chi connectivity index (χ3n) is 5.34. The molecule has 1 fully saturated rings. The first kappa shape index (κ1) is 18.3. The number of amides is 1. The molecule has 0 saturated heterocycles. The molecule has 1 aliphatic rings. The largest absolute Gasteiger partial charge is 0.480 e. The Kier molecular flexibility index (Phi) is 5.15. The lowest BCUT2D eigenvalue weighted by Gasteiger charge is -2.20. The topological polar surface area (TPSA) is 71.2 Å². The monoisotopic (exact) mass is 376 g/mol. The summed E-state index contributed by atoms with van der Waals surface area (Å²) in [6, 6.07) is 15.4. The Balaban J connectivity index is 1.68. The van der Waals surface area contributed by atoms with Crippen molar-refractivity contribution in [2.45, 2.75) is 44.8 Å². The van der Waals surface area contributed by atoms with Gasteiger partial charge in [0.15, 0.2) is 6.10 Å². The lowest BCUT2D eigenvalue weighted by atomic mass is 9.98. The predicted octanol–water partition coefficient (Wildman–Crippen LogP) is 4.02. The number of fused-ring (bicyclic) bond motifs is 1. The van der Waals surface area contributed by atoms with Crippen LogP contribution in [0.1, 0.15) is 32.6 Å². The molecule has 1 heterocycles. The van der Waals surface area contributed by atoms with E-state index in [4.69, 9.17) is 4.74 Å². The highest BCUT2D eigenvalue weighted by Gasteiger charge is 2.23. The minimum Gasteiger partial charge on any atom is -0.480 e. The van der Waals surface area contributed by atoms with Gasteiger partial charge in [0.05, 0.1) is 0 Å². The van der Waals surface area contributed by atoms with Crippen molar-refractivity contribution in [2.24, 2.45) is 0 Å². The molecule has 0 radical (unpaired) electrons. The Morgan fingerprint density at radius 3 is 2.64 bits per heavy atom. The van der Waals surface area contributed by atoms with Gasteiger partial charge >= 0.3 is 0 Å². The highest BCUT2D eigenvalue weighted by atomic mass is 16.5. The standard InChI is InChI=1S/C23H24N2O3/c1-15(23(27)25-18-7-3-4-8-18)28-20-12-10-16-6-2-5-9-19(16)22(20)17-11-13-21(26)24-14-17/h2,5-6,9-15,18H,3-4,7-8H2,1H3,(H,24,26)(H,25,27). The number of hydrogen-bond donors (Lipinski definition) is 2. The van der Waals surface area contributed by atoms with Crippen molar-refractivity contribution < 1.29 is 9.53 Å². The van der Waals surface area contributed by atoms with Crippen LogP contribution in [0.25, 0.3) is 21.9 Å². The third-order valence-corrected chi connectivity index (χ3v) is 5.34. The lowest BCUT2D eigenvalue weighted by Crippen LogP contribution is -2.41. The van der Waals surface area contributed by atoms with Crippen LogP contribution in [0.5, 0.6) is 5.75 Å². The van der Waals surface area contributed by atoms with Gasteiger partial charge in [0.2, 0.25) is 5.56 Å². The Morgan fingerprint density at radius 1 is 1.11 bits per heavy atom. The van der Waals surface area contributed by atoms with Gasteiger partial charge in [0, 0.05) is 29.4 Å². The second kappa shape index (κ2) is 7.89. The van der Waals surface area contributed by atoms with Gasteiger partial charge < -0.3 is 15.0 Å². The van der Waals surface area contributed by atoms with Crippen molar-refractivity contribution in [1.82, 2.24) is 10.3 Å². The molecular weight excluding hydrogens is 352 g/mol. The van der Waals surface area contributed by atoms with Gasteiger partial charge in [-0.25, -0.2) is 0 Å². The number of ether oxygens (including phenoxy) is 1. The van der Waals surface area contributed by atoms with Gasteiger partial charge in [-0.3, -0.25) is 9.59 Å². The van der Waals surface area contributed by atoms with Crippen LogP contribution in [-0.4, -0.2) is 23.0 Å². The number of benzene rings is 2. The molecule has 1 amide bonds. The van der Waals surface area contributed by atoms with Gasteiger partial charge in [0.25, 0.3) is 5.91 Å². The van der Waals surface area contributed by atoms with Crippen LogP contribution in [0.3, 0.4) is 0 Å². The second-order valence-corrected chi connectivity index (χ2v) is 7.35. The van der Waals surface area contributed by atoms with E-state index in [0.717, 1.165) is 34.7 Å². The molecule has 1 unspecified atom stereocenters. The first-order valence-corrected chi connectivity index (χ1v) is 9.80. The molecule has 1 aromatic heterocycles. The van der Waals surface area contributed by atoms with Crippen LogP contribution >= 0.6 is 0 Å². The smallest absolute Gasteiger partial charge is 0.260 e. The van der Waals surface area contributed by atoms with Crippen molar-refractivity contribution in [3.05, 3.63) is 65.1 Å². The molecule has 5 nitrogen and oxygen atoms in total. The molecule has 0 bridgehead atoms. The van der Waals surface area contributed by atoms with Crippen LogP contribution in [0, 0.1) is 0 Å². The summed E-state index contributed by atoms with van der Waals surface area (Å²) >= 11 is 0. The Bertz CT molecular complexity index is 1030. The first-order valence-electron chi connectivity index (χ1n) is 9.80. The molecule has 144 valence electrons. The maximum atomic E-state index is 12.6. The van der Waals surface area contributed by atoms with E-state index in [2.05, 4.69) is 10.3 Å². The van der Waals surface area contributed by atoms with Crippen molar-refractivity contribution in [3.63, 3.8) is 0 Å². The molecule has 4 rings (SSSR count). The maximum Gasteiger partial charge on any atom is 0.260 e. The fourth-order valence-electron chi connectivity index (χ4n) is 3.85. The van der Waals surface area contributed by atoms with Gasteiger partial charge in [-0.05, 0) is 42.7 Å². The molecule has 2 N–H and O–H groups in total. The van der Waals surface area contributed by atoms with Crippen LogP contribution < -0.4 is 15.6 Å². The van der Waals surface area contributed by atoms with Gasteiger partial charge in [-0.2, -0.15) is 0 Å². The zero-order valence-corrected chi connectivity index (χ0v) is 15.9. The molecular formula is C23H24N2O3. The molecule has 3 aromatic rings. The number of carbonyl (C=O) groups excluding carboxylic acids is 1. The van der Waals surface area contributed by atoms with Crippen LogP contribution in [0.4, 0.5) is 0 Å². The summed E-state index contributed by atoms with van der Waals surface area (Å²) in [5.74, 6) is 0.535. The highest BCUT2D eigenvalue weighted by molar-refractivity contribution is 5.99. The average molecular weight is 376 g/mol. The molecule has 1 atom stereocenters. The average Bonchev–Trinajstić information content (AvgIpc) is 3.21. The Labute approximate surface area is 163 Å². The fourth-order valence-corrected chi connectivity index (χ4v) is 3.85. The normalized spacial score (nSPS) is 15.5. The maximum absolute atomic E-state index is 12.6. The molecule has 1 aliphatic carbocycles. The van der Waals surface area contributed by atoms with E-state index in [1.54, 1.807) is 19.2 Å². The molecule has 1 saturated carbocycles. The summed E-state index contributed by atoms with van der Waals surface area (Å²) in [6.45, 7) is 1.77. The number of aromatic nitrogens is 1. The van der Waals surface area contributed by atoms with E-state index >= 15 is 0 Å². The number of nitrogens with one attached hydrogen (secondary N) is 2. The van der Waals surface area contributed by atoms with Crippen LogP contribution in [0.15, 0.2) is 59.5 Å². The minimum absolute atomic E-state index is 0.0903. The number of aromatic amines is 1. The molecule has 5 heteroatoms. The summed E-state index contributed by atoms with van der Waals surface area (Å²) in [5, 5.41) is 5.17. The lowest BCUT2D eigenvalue weighted by molar-refractivity contribution is -0.127. The Morgan fingerprint density at radius 2 is 1.89 bits per heavy atom. The number of pyridine rings is 1. The number of carbonyl (C=O) groups is 1.